The maximum Gasteiger partial charge on any atom is 0.270 e. The number of H-pyrrole nitrogens is 1. The highest BCUT2D eigenvalue weighted by molar-refractivity contribution is 7.98. The van der Waals surface area contributed by atoms with Crippen LogP contribution in [0.3, 0.4) is 0 Å². The maximum atomic E-state index is 12.1. The summed E-state index contributed by atoms with van der Waals surface area (Å²) in [6.45, 7) is 0.467. The summed E-state index contributed by atoms with van der Waals surface area (Å²) < 4.78 is 6.01. The fourth-order valence-corrected chi connectivity index (χ4v) is 3.37. The highest BCUT2D eigenvalue weighted by atomic mass is 32.2. The van der Waals surface area contributed by atoms with Gasteiger partial charge in [0.1, 0.15) is 11.6 Å². The van der Waals surface area contributed by atoms with E-state index in [0.717, 1.165) is 24.0 Å². The number of hydrogen-bond acceptors (Lipinski definition) is 5. The van der Waals surface area contributed by atoms with Gasteiger partial charge in [-0.3, -0.25) is 4.79 Å². The molecule has 1 aliphatic carbocycles. The van der Waals surface area contributed by atoms with Gasteiger partial charge in [-0.05, 0) is 24.7 Å². The second kappa shape index (κ2) is 7.65. The molecule has 0 aliphatic heterocycles. The van der Waals surface area contributed by atoms with Gasteiger partial charge >= 0.3 is 0 Å². The summed E-state index contributed by atoms with van der Waals surface area (Å²) >= 11 is 1.34. The van der Waals surface area contributed by atoms with Crippen molar-refractivity contribution in [1.29, 1.82) is 5.26 Å². The monoisotopic (exact) mass is 341 g/mol. The molecular formula is C18H19N3O2S. The van der Waals surface area contributed by atoms with E-state index < -0.39 is 5.56 Å². The number of thioether (sulfide) groups is 1. The van der Waals surface area contributed by atoms with Crippen molar-refractivity contribution < 1.29 is 4.74 Å². The number of rotatable bonds is 5. The van der Waals surface area contributed by atoms with Crippen molar-refractivity contribution in [2.75, 3.05) is 6.26 Å². The van der Waals surface area contributed by atoms with E-state index in [1.807, 2.05) is 36.6 Å². The first-order valence-corrected chi connectivity index (χ1v) is 9.23. The van der Waals surface area contributed by atoms with Gasteiger partial charge in [0.2, 0.25) is 0 Å². The third kappa shape index (κ3) is 3.53. The van der Waals surface area contributed by atoms with Gasteiger partial charge in [0.05, 0.1) is 18.4 Å². The zero-order chi connectivity index (χ0) is 16.9. The van der Waals surface area contributed by atoms with Crippen molar-refractivity contribution in [2.45, 2.75) is 43.6 Å². The molecule has 5 nitrogen and oxygen atoms in total. The minimum Gasteiger partial charge on any atom is -0.374 e. The smallest absolute Gasteiger partial charge is 0.270 e. The van der Waals surface area contributed by atoms with Crippen molar-refractivity contribution in [3.8, 4) is 17.3 Å². The average molecular weight is 341 g/mol. The first kappa shape index (κ1) is 16.7. The third-order valence-electron chi connectivity index (χ3n) is 4.25. The molecule has 0 saturated heterocycles. The van der Waals surface area contributed by atoms with Gasteiger partial charge in [-0.2, -0.15) is 5.26 Å². The molecule has 1 N–H and O–H groups in total. The standard InChI is InChI=1S/C18H19N3O2S/c1-24-18-20-16(15(10-19)17(22)21-18)14-9-5-2-6-12(14)11-23-13-7-3-4-8-13/h2,5-6,9,13H,3-4,7-8,11H2,1H3,(H,20,21,22). The molecule has 124 valence electrons. The lowest BCUT2D eigenvalue weighted by Crippen LogP contribution is -2.15. The van der Waals surface area contributed by atoms with Crippen LogP contribution in [0.15, 0.2) is 34.2 Å². The Balaban J connectivity index is 1.99. The molecule has 3 rings (SSSR count). The van der Waals surface area contributed by atoms with Gasteiger partial charge in [-0.15, -0.1) is 0 Å². The molecule has 0 bridgehead atoms. The minimum absolute atomic E-state index is 0.0427. The first-order valence-electron chi connectivity index (χ1n) is 8.01. The summed E-state index contributed by atoms with van der Waals surface area (Å²) in [4.78, 5) is 19.2. The number of aromatic nitrogens is 2. The Morgan fingerprint density at radius 2 is 2.12 bits per heavy atom. The van der Waals surface area contributed by atoms with Crippen LogP contribution in [0.5, 0.6) is 0 Å². The minimum atomic E-state index is -0.404. The number of hydrogen-bond donors (Lipinski definition) is 1. The fourth-order valence-electron chi connectivity index (χ4n) is 2.99. The molecule has 1 aromatic carbocycles. The topological polar surface area (TPSA) is 78.8 Å². The van der Waals surface area contributed by atoms with E-state index in [2.05, 4.69) is 9.97 Å². The van der Waals surface area contributed by atoms with E-state index in [1.165, 1.54) is 24.6 Å². The number of nitriles is 1. The predicted octanol–water partition coefficient (Wildman–Crippen LogP) is 3.49. The van der Waals surface area contributed by atoms with Gasteiger partial charge in [0, 0.05) is 5.56 Å². The third-order valence-corrected chi connectivity index (χ3v) is 4.83. The van der Waals surface area contributed by atoms with Crippen molar-refractivity contribution in [2.24, 2.45) is 0 Å². The van der Waals surface area contributed by atoms with Crippen LogP contribution < -0.4 is 5.56 Å². The van der Waals surface area contributed by atoms with Crippen molar-refractivity contribution in [3.63, 3.8) is 0 Å². The second-order valence-electron chi connectivity index (χ2n) is 5.79. The van der Waals surface area contributed by atoms with Crippen LogP contribution in [0, 0.1) is 11.3 Å². The van der Waals surface area contributed by atoms with Crippen LogP contribution in [-0.4, -0.2) is 22.3 Å². The zero-order valence-corrected chi connectivity index (χ0v) is 14.4. The first-order chi connectivity index (χ1) is 11.7. The number of ether oxygens (including phenoxy) is 1. The Labute approximate surface area is 145 Å². The van der Waals surface area contributed by atoms with E-state index in [0.29, 0.717) is 23.6 Å². The lowest BCUT2D eigenvalue weighted by atomic mass is 10.0. The van der Waals surface area contributed by atoms with Gasteiger partial charge in [-0.25, -0.2) is 4.98 Å². The summed E-state index contributed by atoms with van der Waals surface area (Å²) in [7, 11) is 0. The number of benzene rings is 1. The molecule has 0 spiro atoms. The van der Waals surface area contributed by atoms with Crippen LogP contribution in [0.25, 0.3) is 11.3 Å². The van der Waals surface area contributed by atoms with Crippen LogP contribution >= 0.6 is 11.8 Å². The molecule has 0 amide bonds. The van der Waals surface area contributed by atoms with Crippen molar-refractivity contribution >= 4 is 11.8 Å². The Morgan fingerprint density at radius 1 is 1.38 bits per heavy atom. The second-order valence-corrected chi connectivity index (χ2v) is 6.58. The quantitative estimate of drug-likeness (QED) is 0.665. The Morgan fingerprint density at radius 3 is 2.83 bits per heavy atom. The zero-order valence-electron chi connectivity index (χ0n) is 13.5. The SMILES string of the molecule is CSc1nc(-c2ccccc2COC2CCCC2)c(C#N)c(=O)[nH]1. The predicted molar refractivity (Wildman–Crippen MR) is 93.8 cm³/mol. The van der Waals surface area contributed by atoms with Gasteiger partial charge in [0.15, 0.2) is 5.16 Å². The summed E-state index contributed by atoms with van der Waals surface area (Å²) in [6, 6.07) is 9.66. The Bertz CT molecular complexity index is 820. The number of nitrogens with one attached hydrogen (secondary N) is 1. The summed E-state index contributed by atoms with van der Waals surface area (Å²) in [6.07, 6.45) is 6.79. The molecule has 0 unspecified atom stereocenters. The van der Waals surface area contributed by atoms with E-state index in [-0.39, 0.29) is 5.56 Å². The molecule has 0 atom stereocenters. The van der Waals surface area contributed by atoms with Crippen LogP contribution in [-0.2, 0) is 11.3 Å². The maximum absolute atomic E-state index is 12.1. The lowest BCUT2D eigenvalue weighted by Gasteiger charge is -2.14. The van der Waals surface area contributed by atoms with Crippen molar-refractivity contribution in [1.82, 2.24) is 9.97 Å². The molecule has 1 fully saturated rings. The van der Waals surface area contributed by atoms with Crippen LogP contribution in [0.1, 0.15) is 36.8 Å². The molecule has 1 aromatic heterocycles. The Kier molecular flexibility index (Phi) is 5.34. The molecule has 0 radical (unpaired) electrons. The summed E-state index contributed by atoms with van der Waals surface area (Å²) in [5, 5.41) is 9.87. The fraction of sp³-hybridized carbons (Fsp3) is 0.389. The normalized spacial score (nSPS) is 14.7. The molecule has 2 aromatic rings. The molecule has 1 aliphatic rings. The summed E-state index contributed by atoms with van der Waals surface area (Å²) in [5.41, 5.74) is 1.80. The van der Waals surface area contributed by atoms with Gasteiger partial charge in [0.25, 0.3) is 5.56 Å². The van der Waals surface area contributed by atoms with Crippen molar-refractivity contribution in [3.05, 3.63) is 45.7 Å². The molecule has 24 heavy (non-hydrogen) atoms. The summed E-state index contributed by atoms with van der Waals surface area (Å²) in [5.74, 6) is 0. The number of aromatic amines is 1. The largest absolute Gasteiger partial charge is 0.374 e. The van der Waals surface area contributed by atoms with E-state index >= 15 is 0 Å². The van der Waals surface area contributed by atoms with E-state index in [4.69, 9.17) is 4.74 Å². The molecule has 1 saturated carbocycles. The van der Waals surface area contributed by atoms with E-state index in [9.17, 15) is 10.1 Å². The molecule has 1 heterocycles. The Hall–Kier alpha value is -2.10. The van der Waals surface area contributed by atoms with Gasteiger partial charge in [-0.1, -0.05) is 48.9 Å². The molecular weight excluding hydrogens is 322 g/mol. The highest BCUT2D eigenvalue weighted by Gasteiger charge is 2.18. The lowest BCUT2D eigenvalue weighted by molar-refractivity contribution is 0.0459. The van der Waals surface area contributed by atoms with E-state index in [1.54, 1.807) is 0 Å². The number of nitrogens with zero attached hydrogens (tertiary/aromatic N) is 2. The van der Waals surface area contributed by atoms with Gasteiger partial charge < -0.3 is 9.72 Å². The highest BCUT2D eigenvalue weighted by Crippen LogP contribution is 2.27. The van der Waals surface area contributed by atoms with Crippen LogP contribution in [0.4, 0.5) is 0 Å². The molecule has 6 heteroatoms. The van der Waals surface area contributed by atoms with Crippen LogP contribution in [0.2, 0.25) is 0 Å². The average Bonchev–Trinajstić information content (AvgIpc) is 3.13.